The van der Waals surface area contributed by atoms with E-state index in [-0.39, 0.29) is 37.5 Å². The quantitative estimate of drug-likeness (QED) is 0.561. The van der Waals surface area contributed by atoms with Crippen LogP contribution in [0.2, 0.25) is 0 Å². The highest BCUT2D eigenvalue weighted by Crippen LogP contribution is 2.39. The summed E-state index contributed by atoms with van der Waals surface area (Å²) in [5, 5.41) is 2.77. The number of nitrogens with one attached hydrogen (secondary N) is 1. The lowest BCUT2D eigenvalue weighted by Gasteiger charge is -2.22. The van der Waals surface area contributed by atoms with E-state index in [2.05, 4.69) is 5.32 Å². The fourth-order valence-electron chi connectivity index (χ4n) is 3.09. The number of hydrogen-bond donors (Lipinski definition) is 1. The summed E-state index contributed by atoms with van der Waals surface area (Å²) in [7, 11) is 0.799. The van der Waals surface area contributed by atoms with Crippen molar-refractivity contribution in [2.24, 2.45) is 0 Å². The molecular weight excluding hydrogens is 427 g/mol. The zero-order valence-corrected chi connectivity index (χ0v) is 18.8. The van der Waals surface area contributed by atoms with Crippen molar-refractivity contribution < 1.29 is 31.8 Å². The number of halogens is 1. The van der Waals surface area contributed by atoms with Gasteiger partial charge in [0.2, 0.25) is 21.7 Å². The van der Waals surface area contributed by atoms with E-state index in [1.54, 1.807) is 18.2 Å². The van der Waals surface area contributed by atoms with E-state index in [9.17, 15) is 17.6 Å². The second-order valence-electron chi connectivity index (χ2n) is 6.66. The third-order valence-corrected chi connectivity index (χ3v) is 5.73. The third-order valence-electron chi connectivity index (χ3n) is 4.55. The maximum atomic E-state index is 14.0. The fourth-order valence-corrected chi connectivity index (χ4v) is 4.05. The molecule has 0 aliphatic carbocycles. The molecule has 0 aromatic heterocycles. The number of rotatable bonds is 11. The number of ether oxygens (including phenoxy) is 3. The molecule has 10 heteroatoms. The molecule has 0 saturated carbocycles. The maximum absolute atomic E-state index is 14.0. The van der Waals surface area contributed by atoms with Crippen molar-refractivity contribution in [2.75, 3.05) is 38.4 Å². The van der Waals surface area contributed by atoms with Crippen LogP contribution in [0.4, 0.5) is 10.1 Å². The Hall–Kier alpha value is -3.01. The smallest absolute Gasteiger partial charge is 0.232 e. The van der Waals surface area contributed by atoms with Gasteiger partial charge in [-0.1, -0.05) is 12.1 Å². The number of para-hydroxylation sites is 1. The standard InChI is InChI=1S/C21H27FN2O6S/c1-28-18-12-11-15(20(29-2)21(18)30-3)14-23-19(25)10-7-13-24(31(4,26)27)17-9-6-5-8-16(17)22/h5-6,8-9,11-12H,7,10,13-14H2,1-4H3,(H,23,25). The molecule has 8 nitrogen and oxygen atoms in total. The third kappa shape index (κ3) is 6.24. The van der Waals surface area contributed by atoms with Gasteiger partial charge < -0.3 is 19.5 Å². The Kier molecular flexibility index (Phi) is 8.49. The minimum Gasteiger partial charge on any atom is -0.493 e. The minimum atomic E-state index is -3.70. The topological polar surface area (TPSA) is 94.2 Å². The van der Waals surface area contributed by atoms with Crippen molar-refractivity contribution in [1.29, 1.82) is 0 Å². The lowest BCUT2D eigenvalue weighted by atomic mass is 10.1. The zero-order chi connectivity index (χ0) is 23.0. The SMILES string of the molecule is COc1ccc(CNC(=O)CCCN(c2ccccc2F)S(C)(=O)=O)c(OC)c1OC. The monoisotopic (exact) mass is 454 g/mol. The molecule has 2 aromatic carbocycles. The van der Waals surface area contributed by atoms with Crippen molar-refractivity contribution in [1.82, 2.24) is 5.32 Å². The Morgan fingerprint density at radius 2 is 1.71 bits per heavy atom. The second-order valence-corrected chi connectivity index (χ2v) is 8.57. The van der Waals surface area contributed by atoms with Crippen LogP contribution >= 0.6 is 0 Å². The first-order valence-corrected chi connectivity index (χ1v) is 11.3. The summed E-state index contributed by atoms with van der Waals surface area (Å²) in [5.74, 6) is 0.454. The summed E-state index contributed by atoms with van der Waals surface area (Å²) >= 11 is 0. The Morgan fingerprint density at radius 3 is 2.29 bits per heavy atom. The summed E-state index contributed by atoms with van der Waals surface area (Å²) in [5.41, 5.74) is 0.651. The van der Waals surface area contributed by atoms with Gasteiger partial charge in [-0.05, 0) is 30.7 Å². The van der Waals surface area contributed by atoms with E-state index >= 15 is 0 Å². The Morgan fingerprint density at radius 1 is 1.03 bits per heavy atom. The highest BCUT2D eigenvalue weighted by molar-refractivity contribution is 7.92. The molecule has 0 atom stereocenters. The summed E-state index contributed by atoms with van der Waals surface area (Å²) in [6, 6.07) is 9.08. The van der Waals surface area contributed by atoms with Crippen LogP contribution in [0.25, 0.3) is 0 Å². The zero-order valence-electron chi connectivity index (χ0n) is 18.0. The molecule has 0 aliphatic rings. The van der Waals surface area contributed by atoms with Gasteiger partial charge in [-0.3, -0.25) is 9.10 Å². The van der Waals surface area contributed by atoms with E-state index in [0.717, 1.165) is 10.6 Å². The first kappa shape index (κ1) is 24.3. The lowest BCUT2D eigenvalue weighted by molar-refractivity contribution is -0.121. The van der Waals surface area contributed by atoms with Crippen molar-refractivity contribution in [2.45, 2.75) is 19.4 Å². The number of sulfonamides is 1. The molecular formula is C21H27FN2O6S. The van der Waals surface area contributed by atoms with E-state index in [4.69, 9.17) is 14.2 Å². The van der Waals surface area contributed by atoms with E-state index in [1.165, 1.54) is 39.5 Å². The Bertz CT molecular complexity index is 1010. The predicted molar refractivity (Wildman–Crippen MR) is 116 cm³/mol. The number of amides is 1. The minimum absolute atomic E-state index is 0.0210. The predicted octanol–water partition coefficient (Wildman–Crippen LogP) is 2.71. The largest absolute Gasteiger partial charge is 0.493 e. The van der Waals surface area contributed by atoms with Crippen molar-refractivity contribution in [3.63, 3.8) is 0 Å². The van der Waals surface area contributed by atoms with Gasteiger partial charge in [0.25, 0.3) is 0 Å². The van der Waals surface area contributed by atoms with Gasteiger partial charge in [-0.15, -0.1) is 0 Å². The molecule has 0 fully saturated rings. The van der Waals surface area contributed by atoms with Gasteiger partial charge in [-0.25, -0.2) is 12.8 Å². The van der Waals surface area contributed by atoms with Crippen molar-refractivity contribution in [3.05, 3.63) is 47.8 Å². The number of carbonyl (C=O) groups is 1. The summed E-state index contributed by atoms with van der Waals surface area (Å²) in [6.45, 7) is 0.165. The van der Waals surface area contributed by atoms with E-state index in [1.807, 2.05) is 0 Å². The van der Waals surface area contributed by atoms with E-state index in [0.29, 0.717) is 22.8 Å². The first-order chi connectivity index (χ1) is 14.7. The van der Waals surface area contributed by atoms with Gasteiger partial charge in [0.05, 0.1) is 33.3 Å². The fraction of sp³-hybridized carbons (Fsp3) is 0.381. The lowest BCUT2D eigenvalue weighted by Crippen LogP contribution is -2.32. The van der Waals surface area contributed by atoms with Gasteiger partial charge in [0.15, 0.2) is 11.5 Å². The summed E-state index contributed by atoms with van der Waals surface area (Å²) in [6.07, 6.45) is 1.29. The number of hydrogen-bond acceptors (Lipinski definition) is 6. The molecule has 0 bridgehead atoms. The molecule has 2 rings (SSSR count). The highest BCUT2D eigenvalue weighted by atomic mass is 32.2. The summed E-state index contributed by atoms with van der Waals surface area (Å²) in [4.78, 5) is 12.3. The average molecular weight is 455 g/mol. The van der Waals surface area contributed by atoms with Gasteiger partial charge in [0.1, 0.15) is 5.82 Å². The normalized spacial score (nSPS) is 11.0. The number of benzene rings is 2. The van der Waals surface area contributed by atoms with E-state index < -0.39 is 15.8 Å². The van der Waals surface area contributed by atoms with Gasteiger partial charge in [-0.2, -0.15) is 0 Å². The molecule has 2 aromatic rings. The molecule has 0 saturated heterocycles. The van der Waals surface area contributed by atoms with Crippen LogP contribution < -0.4 is 23.8 Å². The number of carbonyl (C=O) groups excluding carboxylic acids is 1. The molecule has 0 spiro atoms. The highest BCUT2D eigenvalue weighted by Gasteiger charge is 2.21. The molecule has 31 heavy (non-hydrogen) atoms. The van der Waals surface area contributed by atoms with Crippen molar-refractivity contribution >= 4 is 21.6 Å². The number of nitrogens with zero attached hydrogens (tertiary/aromatic N) is 1. The molecule has 0 radical (unpaired) electrons. The van der Waals surface area contributed by atoms with Crippen LogP contribution in [0.15, 0.2) is 36.4 Å². The van der Waals surface area contributed by atoms with Crippen molar-refractivity contribution in [3.8, 4) is 17.2 Å². The van der Waals surface area contributed by atoms with Gasteiger partial charge in [0, 0.05) is 25.1 Å². The van der Waals surface area contributed by atoms with Crippen LogP contribution in [0.5, 0.6) is 17.2 Å². The second kappa shape index (κ2) is 10.9. The van der Waals surface area contributed by atoms with Crippen LogP contribution in [0.1, 0.15) is 18.4 Å². The van der Waals surface area contributed by atoms with Crippen LogP contribution in [-0.4, -0.2) is 48.5 Å². The molecule has 0 unspecified atom stereocenters. The molecule has 1 amide bonds. The molecule has 1 N–H and O–H groups in total. The number of methoxy groups -OCH3 is 3. The molecule has 0 aliphatic heterocycles. The average Bonchev–Trinajstić information content (AvgIpc) is 2.74. The molecule has 0 heterocycles. The Labute approximate surface area is 182 Å². The van der Waals surface area contributed by atoms with Crippen LogP contribution in [0.3, 0.4) is 0 Å². The summed E-state index contributed by atoms with van der Waals surface area (Å²) < 4.78 is 55.1. The Balaban J connectivity index is 1.99. The first-order valence-electron chi connectivity index (χ1n) is 9.49. The molecule has 170 valence electrons. The number of anilines is 1. The van der Waals surface area contributed by atoms with Crippen LogP contribution in [-0.2, 0) is 21.4 Å². The van der Waals surface area contributed by atoms with Gasteiger partial charge >= 0.3 is 0 Å². The maximum Gasteiger partial charge on any atom is 0.232 e. The van der Waals surface area contributed by atoms with Crippen LogP contribution in [0, 0.1) is 5.82 Å².